The zero-order valence-electron chi connectivity index (χ0n) is 12.1. The zero-order chi connectivity index (χ0) is 13.8. The Kier molecular flexibility index (Phi) is 7.36. The first-order chi connectivity index (χ1) is 9.13. The topological polar surface area (TPSA) is 33.7 Å². The fourth-order valence-corrected chi connectivity index (χ4v) is 3.36. The Hall–Kier alpha value is -0.240. The number of halogens is 2. The molecule has 114 valence electrons. The van der Waals surface area contributed by atoms with Crippen molar-refractivity contribution in [2.24, 2.45) is 0 Å². The molecule has 0 amide bonds. The maximum absolute atomic E-state index is 5.41. The number of ether oxygens (including phenoxy) is 2. The summed E-state index contributed by atoms with van der Waals surface area (Å²) < 4.78 is 11.9. The van der Waals surface area contributed by atoms with E-state index in [1.807, 2.05) is 0 Å². The van der Waals surface area contributed by atoms with Crippen LogP contribution in [0.1, 0.15) is 12.5 Å². The van der Waals surface area contributed by atoms with Crippen LogP contribution in [0, 0.1) is 3.57 Å². The zero-order valence-corrected chi connectivity index (χ0v) is 15.1. The number of benzene rings is 1. The van der Waals surface area contributed by atoms with Gasteiger partial charge in [-0.2, -0.15) is 0 Å². The molecular weight excluding hydrogens is 391 g/mol. The van der Waals surface area contributed by atoms with Crippen molar-refractivity contribution >= 4 is 35.0 Å². The molecule has 1 aliphatic rings. The highest BCUT2D eigenvalue weighted by Crippen LogP contribution is 2.33. The van der Waals surface area contributed by atoms with Gasteiger partial charge in [-0.15, -0.1) is 12.4 Å². The highest BCUT2D eigenvalue weighted by Gasteiger charge is 2.17. The molecule has 2 rings (SSSR count). The van der Waals surface area contributed by atoms with Crippen LogP contribution in [-0.2, 0) is 6.54 Å². The Morgan fingerprint density at radius 2 is 2.10 bits per heavy atom. The first-order valence-electron chi connectivity index (χ1n) is 6.50. The molecule has 0 aromatic heterocycles. The van der Waals surface area contributed by atoms with E-state index in [0.29, 0.717) is 6.04 Å². The standard InChI is InChI=1S/C14H21IN2O2.ClH/c1-10-8-17(5-4-16-10)9-11-6-12(15)14(19-3)13(7-11)18-2;/h6-7,10,16H,4-5,8-9H2,1-3H3;1H. The van der Waals surface area contributed by atoms with Gasteiger partial charge in [0, 0.05) is 32.2 Å². The fourth-order valence-electron chi connectivity index (χ4n) is 2.48. The maximum atomic E-state index is 5.41. The van der Waals surface area contributed by atoms with Crippen LogP contribution in [0.25, 0.3) is 0 Å². The number of nitrogens with one attached hydrogen (secondary N) is 1. The van der Waals surface area contributed by atoms with Crippen molar-refractivity contribution in [3.8, 4) is 11.5 Å². The molecule has 0 bridgehead atoms. The molecule has 1 aromatic rings. The lowest BCUT2D eigenvalue weighted by Crippen LogP contribution is -2.48. The van der Waals surface area contributed by atoms with Crippen LogP contribution in [0.2, 0.25) is 0 Å². The van der Waals surface area contributed by atoms with E-state index >= 15 is 0 Å². The second kappa shape index (κ2) is 8.26. The summed E-state index contributed by atoms with van der Waals surface area (Å²) in [6.45, 7) is 6.43. The highest BCUT2D eigenvalue weighted by atomic mass is 127. The Morgan fingerprint density at radius 3 is 2.70 bits per heavy atom. The lowest BCUT2D eigenvalue weighted by molar-refractivity contribution is 0.199. The minimum absolute atomic E-state index is 0. The molecule has 1 aromatic carbocycles. The average Bonchev–Trinajstić information content (AvgIpc) is 2.38. The molecule has 1 unspecified atom stereocenters. The quantitative estimate of drug-likeness (QED) is 0.771. The van der Waals surface area contributed by atoms with Crippen LogP contribution in [0.15, 0.2) is 12.1 Å². The third kappa shape index (κ3) is 4.38. The van der Waals surface area contributed by atoms with Crippen molar-refractivity contribution < 1.29 is 9.47 Å². The van der Waals surface area contributed by atoms with Crippen LogP contribution in [0.3, 0.4) is 0 Å². The van der Waals surface area contributed by atoms with Gasteiger partial charge >= 0.3 is 0 Å². The minimum atomic E-state index is 0. The van der Waals surface area contributed by atoms with Gasteiger partial charge in [0.2, 0.25) is 0 Å². The monoisotopic (exact) mass is 412 g/mol. The number of nitrogens with zero attached hydrogens (tertiary/aromatic N) is 1. The third-order valence-electron chi connectivity index (χ3n) is 3.35. The largest absolute Gasteiger partial charge is 0.493 e. The molecular formula is C14H22ClIN2O2. The molecule has 1 N–H and O–H groups in total. The molecule has 1 aliphatic heterocycles. The van der Waals surface area contributed by atoms with Crippen LogP contribution in [0.4, 0.5) is 0 Å². The second-order valence-electron chi connectivity index (χ2n) is 4.90. The predicted molar refractivity (Wildman–Crippen MR) is 92.3 cm³/mol. The summed E-state index contributed by atoms with van der Waals surface area (Å²) in [6.07, 6.45) is 0. The van der Waals surface area contributed by atoms with Crippen LogP contribution < -0.4 is 14.8 Å². The van der Waals surface area contributed by atoms with E-state index in [4.69, 9.17) is 9.47 Å². The predicted octanol–water partition coefficient (Wildman–Crippen LogP) is 2.52. The van der Waals surface area contributed by atoms with Gasteiger partial charge in [-0.05, 0) is 47.2 Å². The van der Waals surface area contributed by atoms with Crippen molar-refractivity contribution in [3.05, 3.63) is 21.3 Å². The lowest BCUT2D eigenvalue weighted by atomic mass is 10.1. The van der Waals surface area contributed by atoms with E-state index in [0.717, 1.165) is 41.2 Å². The van der Waals surface area contributed by atoms with E-state index < -0.39 is 0 Å². The van der Waals surface area contributed by atoms with Crippen LogP contribution in [-0.4, -0.2) is 44.8 Å². The average molecular weight is 413 g/mol. The first kappa shape index (κ1) is 17.8. The fraction of sp³-hybridized carbons (Fsp3) is 0.571. The van der Waals surface area contributed by atoms with Crippen molar-refractivity contribution in [1.82, 2.24) is 10.2 Å². The summed E-state index contributed by atoms with van der Waals surface area (Å²) in [5.74, 6) is 1.63. The molecule has 0 radical (unpaired) electrons. The minimum Gasteiger partial charge on any atom is -0.493 e. The number of methoxy groups -OCH3 is 2. The third-order valence-corrected chi connectivity index (χ3v) is 4.15. The Morgan fingerprint density at radius 1 is 1.35 bits per heavy atom. The molecule has 4 nitrogen and oxygen atoms in total. The van der Waals surface area contributed by atoms with Gasteiger partial charge in [0.15, 0.2) is 11.5 Å². The number of rotatable bonds is 4. The van der Waals surface area contributed by atoms with E-state index in [-0.39, 0.29) is 12.4 Å². The Bertz CT molecular complexity index is 445. The lowest BCUT2D eigenvalue weighted by Gasteiger charge is -2.32. The first-order valence-corrected chi connectivity index (χ1v) is 7.58. The second-order valence-corrected chi connectivity index (χ2v) is 6.07. The molecule has 1 fully saturated rings. The summed E-state index contributed by atoms with van der Waals surface area (Å²) in [7, 11) is 3.36. The molecule has 1 atom stereocenters. The van der Waals surface area contributed by atoms with Gasteiger partial charge in [-0.25, -0.2) is 0 Å². The van der Waals surface area contributed by atoms with E-state index in [1.54, 1.807) is 14.2 Å². The molecule has 6 heteroatoms. The maximum Gasteiger partial charge on any atom is 0.174 e. The van der Waals surface area contributed by atoms with E-state index in [2.05, 4.69) is 51.9 Å². The number of hydrogen-bond donors (Lipinski definition) is 1. The number of piperazine rings is 1. The summed E-state index contributed by atoms with van der Waals surface area (Å²) in [5, 5.41) is 3.46. The Labute approximate surface area is 140 Å². The highest BCUT2D eigenvalue weighted by molar-refractivity contribution is 14.1. The van der Waals surface area contributed by atoms with Gasteiger partial charge in [0.25, 0.3) is 0 Å². The van der Waals surface area contributed by atoms with E-state index in [1.165, 1.54) is 5.56 Å². The smallest absolute Gasteiger partial charge is 0.174 e. The SMILES string of the molecule is COc1cc(CN2CCNC(C)C2)cc(I)c1OC.Cl. The van der Waals surface area contributed by atoms with Crippen molar-refractivity contribution in [1.29, 1.82) is 0 Å². The summed E-state index contributed by atoms with van der Waals surface area (Å²) in [6, 6.07) is 4.82. The summed E-state index contributed by atoms with van der Waals surface area (Å²) in [5.41, 5.74) is 1.27. The molecule has 20 heavy (non-hydrogen) atoms. The molecule has 0 saturated carbocycles. The van der Waals surface area contributed by atoms with Gasteiger partial charge in [0.05, 0.1) is 17.8 Å². The van der Waals surface area contributed by atoms with Gasteiger partial charge in [-0.3, -0.25) is 4.90 Å². The Balaban J connectivity index is 0.00000200. The van der Waals surface area contributed by atoms with Gasteiger partial charge < -0.3 is 14.8 Å². The van der Waals surface area contributed by atoms with Crippen molar-refractivity contribution in [2.75, 3.05) is 33.9 Å². The molecule has 1 heterocycles. The van der Waals surface area contributed by atoms with Gasteiger partial charge in [-0.1, -0.05) is 0 Å². The summed E-state index contributed by atoms with van der Waals surface area (Å²) >= 11 is 2.30. The molecule has 0 aliphatic carbocycles. The number of hydrogen-bond acceptors (Lipinski definition) is 4. The summed E-state index contributed by atoms with van der Waals surface area (Å²) in [4.78, 5) is 2.47. The van der Waals surface area contributed by atoms with Crippen LogP contribution in [0.5, 0.6) is 11.5 Å². The van der Waals surface area contributed by atoms with E-state index in [9.17, 15) is 0 Å². The van der Waals surface area contributed by atoms with Crippen molar-refractivity contribution in [2.45, 2.75) is 19.5 Å². The van der Waals surface area contributed by atoms with Crippen LogP contribution >= 0.6 is 35.0 Å². The molecule has 0 spiro atoms. The van der Waals surface area contributed by atoms with Gasteiger partial charge in [0.1, 0.15) is 0 Å². The molecule has 1 saturated heterocycles. The normalized spacial score (nSPS) is 19.3. The van der Waals surface area contributed by atoms with Crippen molar-refractivity contribution in [3.63, 3.8) is 0 Å².